The lowest BCUT2D eigenvalue weighted by Gasteiger charge is -2.18. The van der Waals surface area contributed by atoms with Crippen LogP contribution in [0.4, 0.5) is 0 Å². The number of carbonyl (C=O) groups is 1. The molecule has 0 radical (unpaired) electrons. The summed E-state index contributed by atoms with van der Waals surface area (Å²) in [5, 5.41) is 6.20. The first-order valence-electron chi connectivity index (χ1n) is 12.1. The second-order valence-corrected chi connectivity index (χ2v) is 9.21. The molecule has 1 amide bonds. The minimum absolute atomic E-state index is 0.0788. The van der Waals surface area contributed by atoms with Crippen molar-refractivity contribution in [2.45, 2.75) is 32.8 Å². The van der Waals surface area contributed by atoms with Gasteiger partial charge in [0.1, 0.15) is 5.75 Å². The Labute approximate surface area is 208 Å². The van der Waals surface area contributed by atoms with Crippen LogP contribution in [-0.4, -0.2) is 41.7 Å². The van der Waals surface area contributed by atoms with Gasteiger partial charge in [-0.2, -0.15) is 0 Å². The van der Waals surface area contributed by atoms with Gasteiger partial charge in [-0.3, -0.25) is 19.0 Å². The maximum atomic E-state index is 13.6. The van der Waals surface area contributed by atoms with Crippen molar-refractivity contribution >= 4 is 44.0 Å². The molecule has 7 heteroatoms. The summed E-state index contributed by atoms with van der Waals surface area (Å²) in [5.74, 6) is 0.414. The average Bonchev–Trinajstić information content (AvgIpc) is 3.21. The summed E-state index contributed by atoms with van der Waals surface area (Å²) >= 11 is 0. The van der Waals surface area contributed by atoms with E-state index >= 15 is 0 Å². The maximum absolute atomic E-state index is 13.6. The molecule has 0 bridgehead atoms. The van der Waals surface area contributed by atoms with Crippen molar-refractivity contribution in [3.8, 4) is 5.75 Å². The van der Waals surface area contributed by atoms with Gasteiger partial charge in [0.15, 0.2) is 6.10 Å². The van der Waals surface area contributed by atoms with Gasteiger partial charge in [-0.05, 0) is 51.0 Å². The summed E-state index contributed by atoms with van der Waals surface area (Å²) in [5.41, 5.74) is 4.14. The van der Waals surface area contributed by atoms with Crippen molar-refractivity contribution < 1.29 is 14.3 Å². The number of nitrogens with one attached hydrogen (secondary N) is 1. The maximum Gasteiger partial charge on any atom is 0.263 e. The first-order chi connectivity index (χ1) is 17.4. The quantitative estimate of drug-likeness (QED) is 0.188. The number of hydrogen-bond donors (Lipinski definition) is 1. The van der Waals surface area contributed by atoms with Gasteiger partial charge in [0.2, 0.25) is 0 Å². The van der Waals surface area contributed by atoms with Gasteiger partial charge < -0.3 is 14.8 Å². The van der Waals surface area contributed by atoms with Crippen LogP contribution in [0.3, 0.4) is 0 Å². The number of rotatable bonds is 9. The number of aromatic nitrogens is 2. The molecular weight excluding hydrogens is 454 g/mol. The zero-order chi connectivity index (χ0) is 25.4. The smallest absolute Gasteiger partial charge is 0.263 e. The number of ether oxygens (including phenoxy) is 2. The number of hydrogen-bond acceptors (Lipinski definition) is 5. The van der Waals surface area contributed by atoms with E-state index in [0.717, 1.165) is 50.3 Å². The molecule has 36 heavy (non-hydrogen) atoms. The van der Waals surface area contributed by atoms with Gasteiger partial charge in [-0.1, -0.05) is 30.4 Å². The molecule has 5 aromatic rings. The molecule has 2 aromatic carbocycles. The fraction of sp³-hybridized carbons (Fsp3) is 0.276. The van der Waals surface area contributed by atoms with E-state index in [0.29, 0.717) is 30.7 Å². The molecule has 184 valence electrons. The molecule has 0 saturated carbocycles. The molecule has 1 atom stereocenters. The van der Waals surface area contributed by atoms with E-state index < -0.39 is 6.10 Å². The highest BCUT2D eigenvalue weighted by Gasteiger charge is 2.23. The van der Waals surface area contributed by atoms with Crippen LogP contribution in [0.15, 0.2) is 65.6 Å². The molecule has 0 saturated heterocycles. The van der Waals surface area contributed by atoms with Crippen LogP contribution in [0.1, 0.15) is 25.8 Å². The van der Waals surface area contributed by atoms with Crippen molar-refractivity contribution in [1.82, 2.24) is 14.7 Å². The molecule has 0 aliphatic carbocycles. The molecule has 0 unspecified atom stereocenters. The number of allylic oxidation sites excluding steroid dienone is 1. The Kier molecular flexibility index (Phi) is 6.33. The Balaban J connectivity index is 1.69. The number of amides is 1. The lowest BCUT2D eigenvalue weighted by molar-refractivity contribution is -0.127. The Morgan fingerprint density at radius 1 is 1.14 bits per heavy atom. The van der Waals surface area contributed by atoms with Crippen molar-refractivity contribution in [2.24, 2.45) is 0 Å². The van der Waals surface area contributed by atoms with E-state index in [9.17, 15) is 9.59 Å². The van der Waals surface area contributed by atoms with E-state index in [1.54, 1.807) is 24.6 Å². The van der Waals surface area contributed by atoms with Crippen molar-refractivity contribution in [3.05, 3.63) is 76.7 Å². The van der Waals surface area contributed by atoms with E-state index in [4.69, 9.17) is 9.47 Å². The largest absolute Gasteiger partial charge is 0.481 e. The molecule has 0 aliphatic heterocycles. The standard InChI is InChI=1S/C29H29N3O4/c1-17(2)16-22-24(36-18(3)28(33)31-13-7-15-35-4)11-10-23-25(22)21-12-14-30-26-19-8-5-6-9-20(19)29(34)32(23)27(21)26/h5-6,8-12,14,18H,1,7,13,15-16H2,2-4H3,(H,31,33)/t18-/m1/s1. The van der Waals surface area contributed by atoms with E-state index in [1.165, 1.54) is 0 Å². The summed E-state index contributed by atoms with van der Waals surface area (Å²) in [6.45, 7) is 8.92. The third-order valence-corrected chi connectivity index (χ3v) is 6.50. The molecule has 0 aliphatic rings. The number of fused-ring (bicyclic) bond motifs is 5. The normalized spacial score (nSPS) is 12.5. The van der Waals surface area contributed by atoms with Crippen molar-refractivity contribution in [3.63, 3.8) is 0 Å². The molecule has 5 rings (SSSR count). The van der Waals surface area contributed by atoms with Crippen molar-refractivity contribution in [1.29, 1.82) is 0 Å². The van der Waals surface area contributed by atoms with Gasteiger partial charge in [0.05, 0.1) is 16.6 Å². The third-order valence-electron chi connectivity index (χ3n) is 6.50. The van der Waals surface area contributed by atoms with Crippen LogP contribution in [0, 0.1) is 0 Å². The second-order valence-electron chi connectivity index (χ2n) is 9.21. The van der Waals surface area contributed by atoms with Gasteiger partial charge in [-0.25, -0.2) is 0 Å². The summed E-state index contributed by atoms with van der Waals surface area (Å²) < 4.78 is 13.0. The summed E-state index contributed by atoms with van der Waals surface area (Å²) in [7, 11) is 1.64. The number of benzene rings is 2. The molecule has 1 N–H and O–H groups in total. The number of methoxy groups -OCH3 is 1. The number of nitrogens with zero attached hydrogens (tertiary/aromatic N) is 2. The van der Waals surface area contributed by atoms with Crippen LogP contribution in [0.25, 0.3) is 38.1 Å². The number of pyridine rings is 2. The Bertz CT molecular complexity index is 1670. The predicted molar refractivity (Wildman–Crippen MR) is 143 cm³/mol. The van der Waals surface area contributed by atoms with Crippen LogP contribution < -0.4 is 15.6 Å². The van der Waals surface area contributed by atoms with Crippen LogP contribution in [0.2, 0.25) is 0 Å². The predicted octanol–water partition coefficient (Wildman–Crippen LogP) is 4.63. The SMILES string of the molecule is C=C(C)Cc1c(O[C@H](C)C(=O)NCCCOC)ccc2c1c1ccnc3c4ccccc4c(=O)n2c13. The Morgan fingerprint density at radius 3 is 2.67 bits per heavy atom. The summed E-state index contributed by atoms with van der Waals surface area (Å²) in [6, 6.07) is 13.2. The fourth-order valence-corrected chi connectivity index (χ4v) is 4.91. The molecule has 7 nitrogen and oxygen atoms in total. The molecule has 3 heterocycles. The lowest BCUT2D eigenvalue weighted by Crippen LogP contribution is -2.37. The minimum atomic E-state index is -0.694. The van der Waals surface area contributed by atoms with E-state index in [2.05, 4.69) is 16.9 Å². The molecular formula is C29H29N3O4. The van der Waals surface area contributed by atoms with E-state index in [-0.39, 0.29) is 11.5 Å². The van der Waals surface area contributed by atoms with Crippen LogP contribution >= 0.6 is 0 Å². The van der Waals surface area contributed by atoms with Gasteiger partial charge in [0, 0.05) is 53.6 Å². The van der Waals surface area contributed by atoms with Crippen LogP contribution in [0.5, 0.6) is 5.75 Å². The summed E-state index contributed by atoms with van der Waals surface area (Å²) in [6.07, 6.45) is 2.37. The van der Waals surface area contributed by atoms with Gasteiger partial charge in [0.25, 0.3) is 11.5 Å². The average molecular weight is 484 g/mol. The fourth-order valence-electron chi connectivity index (χ4n) is 4.91. The van der Waals surface area contributed by atoms with E-state index in [1.807, 2.05) is 49.4 Å². The third kappa shape index (κ3) is 3.95. The molecule has 0 spiro atoms. The first kappa shape index (κ1) is 23.8. The minimum Gasteiger partial charge on any atom is -0.481 e. The second kappa shape index (κ2) is 9.59. The van der Waals surface area contributed by atoms with Crippen LogP contribution in [-0.2, 0) is 16.0 Å². The topological polar surface area (TPSA) is 81.9 Å². The highest BCUT2D eigenvalue weighted by molar-refractivity contribution is 6.19. The number of carbonyl (C=O) groups excluding carboxylic acids is 1. The molecule has 0 fully saturated rings. The lowest BCUT2D eigenvalue weighted by atomic mass is 9.99. The van der Waals surface area contributed by atoms with Crippen molar-refractivity contribution in [2.75, 3.05) is 20.3 Å². The Morgan fingerprint density at radius 2 is 1.92 bits per heavy atom. The highest BCUT2D eigenvalue weighted by Crippen LogP contribution is 2.39. The molecule has 3 aromatic heterocycles. The van der Waals surface area contributed by atoms with Gasteiger partial charge in [-0.15, -0.1) is 0 Å². The summed E-state index contributed by atoms with van der Waals surface area (Å²) in [4.78, 5) is 30.9. The van der Waals surface area contributed by atoms with Gasteiger partial charge >= 0.3 is 0 Å². The zero-order valence-corrected chi connectivity index (χ0v) is 20.8. The first-order valence-corrected chi connectivity index (χ1v) is 12.1. The highest BCUT2D eigenvalue weighted by atomic mass is 16.5. The monoisotopic (exact) mass is 483 g/mol. The Hall–Kier alpha value is -3.97. The zero-order valence-electron chi connectivity index (χ0n) is 20.8.